The van der Waals surface area contributed by atoms with Crippen molar-refractivity contribution in [1.29, 1.82) is 0 Å². The normalized spacial score (nSPS) is 26.5. The van der Waals surface area contributed by atoms with E-state index in [9.17, 15) is 0 Å². The van der Waals surface area contributed by atoms with Crippen LogP contribution in [0.2, 0.25) is 0 Å². The van der Waals surface area contributed by atoms with Gasteiger partial charge in [-0.25, -0.2) is 0 Å². The van der Waals surface area contributed by atoms with E-state index in [0.29, 0.717) is 5.04 Å². The van der Waals surface area contributed by atoms with Crippen LogP contribution in [0.5, 0.6) is 0 Å². The molecule has 0 fully saturated rings. The second-order valence-electron chi connectivity index (χ2n) is 1.07. The van der Waals surface area contributed by atoms with Crippen molar-refractivity contribution < 1.29 is 2.74 Å². The molecule has 6 heavy (non-hydrogen) atoms. The van der Waals surface area contributed by atoms with E-state index >= 15 is 0 Å². The van der Waals surface area contributed by atoms with Crippen molar-refractivity contribution >= 4 is 16.8 Å². The van der Waals surface area contributed by atoms with Crippen LogP contribution in [0.3, 0.4) is 0 Å². The van der Waals surface area contributed by atoms with Gasteiger partial charge in [-0.3, -0.25) is 4.99 Å². The summed E-state index contributed by atoms with van der Waals surface area (Å²) in [7, 11) is 0. The van der Waals surface area contributed by atoms with Crippen LogP contribution in [0.15, 0.2) is 4.99 Å². The van der Waals surface area contributed by atoms with Gasteiger partial charge < -0.3 is 0 Å². The molecular formula is C4H7NS. The first-order chi connectivity index (χ1) is 3.80. The summed E-state index contributed by atoms with van der Waals surface area (Å²) < 4.78 is 13.8. The lowest BCUT2D eigenvalue weighted by Gasteiger charge is -1.76. The predicted molar refractivity (Wildman–Crippen MR) is 30.4 cm³/mol. The Labute approximate surface area is 44.7 Å². The van der Waals surface area contributed by atoms with Gasteiger partial charge in [-0.15, -0.1) is 11.8 Å². The zero-order chi connectivity index (χ0) is 5.98. The molecule has 0 aromatic rings. The predicted octanol–water partition coefficient (Wildman–Crippen LogP) is 1.15. The lowest BCUT2D eigenvalue weighted by molar-refractivity contribution is 1.17. The maximum atomic E-state index is 6.89. The molecule has 0 saturated heterocycles. The maximum absolute atomic E-state index is 6.89. The SMILES string of the molecule is [2H]C([2H])C1=NCCS1. The Kier molecular flexibility index (Phi) is 0.647. The zero-order valence-electron chi connectivity index (χ0n) is 5.35. The minimum Gasteiger partial charge on any atom is -0.282 e. The second kappa shape index (κ2) is 1.65. The summed E-state index contributed by atoms with van der Waals surface area (Å²) >= 11 is 1.53. The van der Waals surface area contributed by atoms with Gasteiger partial charge in [0.05, 0.1) is 5.04 Å². The monoisotopic (exact) mass is 103 g/mol. The van der Waals surface area contributed by atoms with Crippen molar-refractivity contribution in [2.45, 2.75) is 6.88 Å². The molecule has 1 heterocycles. The third-order valence-corrected chi connectivity index (χ3v) is 1.42. The number of rotatable bonds is 0. The van der Waals surface area contributed by atoms with Crippen molar-refractivity contribution in [3.63, 3.8) is 0 Å². The average molecular weight is 103 g/mol. The van der Waals surface area contributed by atoms with Gasteiger partial charge in [-0.05, 0) is 6.88 Å². The van der Waals surface area contributed by atoms with Gasteiger partial charge in [0.2, 0.25) is 0 Å². The maximum Gasteiger partial charge on any atom is 0.0645 e. The molecule has 0 saturated carbocycles. The number of nitrogens with zero attached hydrogens (tertiary/aromatic N) is 1. The molecule has 1 rings (SSSR count). The molecule has 0 atom stereocenters. The van der Waals surface area contributed by atoms with Crippen LogP contribution in [-0.4, -0.2) is 17.3 Å². The first-order valence-corrected chi connectivity index (χ1v) is 2.81. The van der Waals surface area contributed by atoms with Crippen LogP contribution < -0.4 is 0 Å². The highest BCUT2D eigenvalue weighted by Gasteiger charge is 1.97. The summed E-state index contributed by atoms with van der Waals surface area (Å²) in [5.74, 6) is 0.962. The molecule has 0 amide bonds. The number of aliphatic imine (C=N–C) groups is 1. The third-order valence-electron chi connectivity index (χ3n) is 0.609. The zero-order valence-corrected chi connectivity index (χ0v) is 4.16. The molecule has 0 bridgehead atoms. The lowest BCUT2D eigenvalue weighted by atomic mass is 10.8. The van der Waals surface area contributed by atoms with Crippen molar-refractivity contribution in [3.05, 3.63) is 0 Å². The largest absolute Gasteiger partial charge is 0.282 e. The minimum atomic E-state index is -0.845. The van der Waals surface area contributed by atoms with Crippen LogP contribution in [0.25, 0.3) is 0 Å². The Morgan fingerprint density at radius 3 is 3.50 bits per heavy atom. The quantitative estimate of drug-likeness (QED) is 0.448. The smallest absolute Gasteiger partial charge is 0.0645 e. The van der Waals surface area contributed by atoms with Crippen molar-refractivity contribution in [3.8, 4) is 0 Å². The van der Waals surface area contributed by atoms with Crippen LogP contribution in [0, 0.1) is 0 Å². The van der Waals surface area contributed by atoms with Gasteiger partial charge in [-0.1, -0.05) is 0 Å². The molecular weight excluding hydrogens is 94.1 g/mol. The van der Waals surface area contributed by atoms with Crippen molar-refractivity contribution in [1.82, 2.24) is 0 Å². The van der Waals surface area contributed by atoms with E-state index in [0.717, 1.165) is 12.3 Å². The Bertz CT molecular complexity index is 113. The molecule has 1 nitrogen and oxygen atoms in total. The van der Waals surface area contributed by atoms with Crippen LogP contribution in [0.1, 0.15) is 9.62 Å². The number of hydrogen-bond donors (Lipinski definition) is 0. The van der Waals surface area contributed by atoms with Crippen LogP contribution in [0.4, 0.5) is 0 Å². The van der Waals surface area contributed by atoms with Gasteiger partial charge in [0.25, 0.3) is 0 Å². The highest BCUT2D eigenvalue weighted by molar-refractivity contribution is 8.14. The van der Waals surface area contributed by atoms with Crippen molar-refractivity contribution in [2.24, 2.45) is 4.99 Å². The fourth-order valence-electron chi connectivity index (χ4n) is 0.352. The molecule has 0 aliphatic carbocycles. The molecule has 0 spiro atoms. The Hall–Kier alpha value is 0.0200. The molecule has 0 N–H and O–H groups in total. The summed E-state index contributed by atoms with van der Waals surface area (Å²) in [5.41, 5.74) is 0. The fourth-order valence-corrected chi connectivity index (χ4v) is 0.926. The van der Waals surface area contributed by atoms with E-state index in [-0.39, 0.29) is 0 Å². The first-order valence-electron chi connectivity index (χ1n) is 2.98. The molecule has 0 aromatic carbocycles. The Morgan fingerprint density at radius 1 is 2.17 bits per heavy atom. The van der Waals surface area contributed by atoms with E-state index in [1.807, 2.05) is 0 Å². The highest BCUT2D eigenvalue weighted by atomic mass is 32.2. The number of hydrogen-bond acceptors (Lipinski definition) is 2. The van der Waals surface area contributed by atoms with E-state index in [4.69, 9.17) is 2.74 Å². The molecule has 0 radical (unpaired) electrons. The van der Waals surface area contributed by atoms with Crippen LogP contribution >= 0.6 is 11.8 Å². The number of thioether (sulfide) groups is 1. The van der Waals surface area contributed by atoms with Gasteiger partial charge in [-0.2, -0.15) is 0 Å². The van der Waals surface area contributed by atoms with Crippen LogP contribution in [-0.2, 0) is 0 Å². The van der Waals surface area contributed by atoms with Gasteiger partial charge >= 0.3 is 0 Å². The Balaban J connectivity index is 2.45. The summed E-state index contributed by atoms with van der Waals surface area (Å²) in [6.45, 7) is -0.0450. The van der Waals surface area contributed by atoms with E-state index in [1.54, 1.807) is 0 Å². The summed E-state index contributed by atoms with van der Waals surface area (Å²) in [6.07, 6.45) is 0. The molecule has 2 heteroatoms. The fraction of sp³-hybridized carbons (Fsp3) is 0.750. The van der Waals surface area contributed by atoms with Gasteiger partial charge in [0.15, 0.2) is 0 Å². The summed E-state index contributed by atoms with van der Waals surface area (Å²) in [6, 6.07) is 0. The highest BCUT2D eigenvalue weighted by Crippen LogP contribution is 2.09. The lowest BCUT2D eigenvalue weighted by Crippen LogP contribution is -1.70. The molecule has 1 aliphatic rings. The van der Waals surface area contributed by atoms with Gasteiger partial charge in [0.1, 0.15) is 0 Å². The van der Waals surface area contributed by atoms with Crippen molar-refractivity contribution in [2.75, 3.05) is 12.3 Å². The molecule has 0 unspecified atom stereocenters. The summed E-state index contributed by atoms with van der Waals surface area (Å²) in [4.78, 5) is 3.94. The van der Waals surface area contributed by atoms with E-state index in [1.165, 1.54) is 11.8 Å². The topological polar surface area (TPSA) is 12.4 Å². The average Bonchev–Trinajstić information content (AvgIpc) is 2.12. The first kappa shape index (κ1) is 2.36. The molecule has 1 aliphatic heterocycles. The minimum absolute atomic E-state index is 0.671. The Morgan fingerprint density at radius 2 is 3.17 bits per heavy atom. The van der Waals surface area contributed by atoms with E-state index in [2.05, 4.69) is 4.99 Å². The third kappa shape index (κ3) is 0.744. The molecule has 0 aromatic heterocycles. The standard InChI is InChI=1S/C4H7NS/c1-4-5-2-3-6-4/h2-3H2,1H3/i1D2. The van der Waals surface area contributed by atoms with E-state index < -0.39 is 6.88 Å². The second-order valence-corrected chi connectivity index (χ2v) is 2.18. The molecule has 34 valence electrons. The summed E-state index contributed by atoms with van der Waals surface area (Å²) in [5, 5.41) is 0.671. The van der Waals surface area contributed by atoms with Gasteiger partial charge in [0, 0.05) is 15.0 Å².